The van der Waals surface area contributed by atoms with Crippen LogP contribution in [0.1, 0.15) is 45.4 Å². The fraction of sp³-hybridized carbons (Fsp3) is 1.00. The highest BCUT2D eigenvalue weighted by Crippen LogP contribution is 2.22. The third-order valence-electron chi connectivity index (χ3n) is 5.81. The van der Waals surface area contributed by atoms with Crippen LogP contribution in [0.15, 0.2) is 0 Å². The van der Waals surface area contributed by atoms with E-state index < -0.39 is 0 Å². The molecule has 0 amide bonds. The largest absolute Gasteiger partial charge is 0.312 e. The van der Waals surface area contributed by atoms with Crippen LogP contribution in [-0.4, -0.2) is 61.7 Å². The van der Waals surface area contributed by atoms with Gasteiger partial charge in [-0.2, -0.15) is 0 Å². The normalized spacial score (nSPS) is 34.6. The highest BCUT2D eigenvalue weighted by molar-refractivity contribution is 4.84. The minimum atomic E-state index is 0.749. The summed E-state index contributed by atoms with van der Waals surface area (Å²) in [6.45, 7) is 11.7. The van der Waals surface area contributed by atoms with Crippen molar-refractivity contribution in [2.24, 2.45) is 11.8 Å². The fourth-order valence-corrected chi connectivity index (χ4v) is 4.32. The van der Waals surface area contributed by atoms with Crippen molar-refractivity contribution >= 4 is 0 Å². The molecule has 3 heterocycles. The first-order valence-electron chi connectivity index (χ1n) is 8.99. The van der Waals surface area contributed by atoms with Crippen LogP contribution in [0.25, 0.3) is 0 Å². The van der Waals surface area contributed by atoms with Crippen molar-refractivity contribution in [1.29, 1.82) is 0 Å². The molecule has 116 valence electrons. The van der Waals surface area contributed by atoms with Gasteiger partial charge in [0.25, 0.3) is 0 Å². The summed E-state index contributed by atoms with van der Waals surface area (Å²) >= 11 is 0. The summed E-state index contributed by atoms with van der Waals surface area (Å²) < 4.78 is 0. The first-order chi connectivity index (χ1) is 9.81. The third-order valence-corrected chi connectivity index (χ3v) is 5.81. The average Bonchev–Trinajstić information content (AvgIpc) is 2.96. The van der Waals surface area contributed by atoms with Crippen LogP contribution in [0.4, 0.5) is 0 Å². The van der Waals surface area contributed by atoms with Crippen molar-refractivity contribution in [3.8, 4) is 0 Å². The molecule has 2 unspecified atom stereocenters. The molecule has 3 aliphatic rings. The molecular formula is C17H33N3. The molecule has 0 aromatic carbocycles. The maximum absolute atomic E-state index is 3.74. The Balaban J connectivity index is 1.37. The smallest absolute Gasteiger partial charge is 0.0220 e. The molecule has 0 bridgehead atoms. The number of nitrogens with zero attached hydrogens (tertiary/aromatic N) is 2. The second-order valence-electron chi connectivity index (χ2n) is 7.43. The molecule has 0 aromatic heterocycles. The Morgan fingerprint density at radius 2 is 1.55 bits per heavy atom. The Bertz CT molecular complexity index is 280. The first-order valence-corrected chi connectivity index (χ1v) is 8.99. The maximum atomic E-state index is 3.74. The first kappa shape index (κ1) is 14.8. The van der Waals surface area contributed by atoms with Crippen LogP contribution in [0.5, 0.6) is 0 Å². The van der Waals surface area contributed by atoms with Crippen molar-refractivity contribution in [1.82, 2.24) is 15.1 Å². The second-order valence-corrected chi connectivity index (χ2v) is 7.43. The predicted octanol–water partition coefficient (Wildman–Crippen LogP) is 2.18. The third kappa shape index (κ3) is 3.96. The molecule has 3 saturated heterocycles. The minimum Gasteiger partial charge on any atom is -0.312 e. The number of piperidine rings is 2. The van der Waals surface area contributed by atoms with E-state index in [9.17, 15) is 0 Å². The van der Waals surface area contributed by atoms with E-state index >= 15 is 0 Å². The van der Waals surface area contributed by atoms with Crippen molar-refractivity contribution in [2.75, 3.05) is 45.8 Å². The highest BCUT2D eigenvalue weighted by Gasteiger charge is 2.27. The lowest BCUT2D eigenvalue weighted by Gasteiger charge is -2.38. The number of hydrogen-bond donors (Lipinski definition) is 1. The molecule has 0 aliphatic carbocycles. The van der Waals surface area contributed by atoms with Gasteiger partial charge in [0.2, 0.25) is 0 Å². The van der Waals surface area contributed by atoms with Gasteiger partial charge in [0.1, 0.15) is 0 Å². The van der Waals surface area contributed by atoms with Crippen molar-refractivity contribution in [3.05, 3.63) is 0 Å². The molecule has 3 fully saturated rings. The molecule has 0 radical (unpaired) electrons. The summed E-state index contributed by atoms with van der Waals surface area (Å²) in [5, 5.41) is 3.74. The van der Waals surface area contributed by atoms with Gasteiger partial charge in [-0.25, -0.2) is 0 Å². The molecule has 1 N–H and O–H groups in total. The van der Waals surface area contributed by atoms with Crippen LogP contribution in [0.2, 0.25) is 0 Å². The van der Waals surface area contributed by atoms with Gasteiger partial charge in [-0.15, -0.1) is 0 Å². The van der Waals surface area contributed by atoms with E-state index in [4.69, 9.17) is 0 Å². The monoisotopic (exact) mass is 279 g/mol. The Kier molecular flexibility index (Phi) is 5.36. The average molecular weight is 279 g/mol. The van der Waals surface area contributed by atoms with Gasteiger partial charge >= 0.3 is 0 Å². The Labute approximate surface area is 125 Å². The summed E-state index contributed by atoms with van der Waals surface area (Å²) in [6.07, 6.45) is 8.52. The van der Waals surface area contributed by atoms with Crippen LogP contribution in [-0.2, 0) is 0 Å². The number of hydrogen-bond acceptors (Lipinski definition) is 3. The lowest BCUT2D eigenvalue weighted by Crippen LogP contribution is -2.50. The predicted molar refractivity (Wildman–Crippen MR) is 85.0 cm³/mol. The minimum absolute atomic E-state index is 0.749. The molecule has 0 saturated carbocycles. The molecule has 3 nitrogen and oxygen atoms in total. The van der Waals surface area contributed by atoms with E-state index in [0.717, 1.165) is 17.9 Å². The molecule has 3 rings (SSSR count). The van der Waals surface area contributed by atoms with Gasteiger partial charge in [-0.3, -0.25) is 0 Å². The number of nitrogens with one attached hydrogen (secondary N) is 1. The zero-order valence-electron chi connectivity index (χ0n) is 13.3. The van der Waals surface area contributed by atoms with Crippen LogP contribution in [0, 0.1) is 11.8 Å². The van der Waals surface area contributed by atoms with E-state index in [-0.39, 0.29) is 0 Å². The summed E-state index contributed by atoms with van der Waals surface area (Å²) in [5.41, 5.74) is 0. The zero-order chi connectivity index (χ0) is 13.8. The molecule has 2 atom stereocenters. The quantitative estimate of drug-likeness (QED) is 0.851. The van der Waals surface area contributed by atoms with E-state index in [1.54, 1.807) is 0 Å². The van der Waals surface area contributed by atoms with Gasteiger partial charge < -0.3 is 15.1 Å². The van der Waals surface area contributed by atoms with E-state index in [1.165, 1.54) is 84.3 Å². The zero-order valence-corrected chi connectivity index (χ0v) is 13.3. The van der Waals surface area contributed by atoms with E-state index in [2.05, 4.69) is 22.0 Å². The number of rotatable bonds is 4. The highest BCUT2D eigenvalue weighted by atomic mass is 15.2. The lowest BCUT2D eigenvalue weighted by molar-refractivity contribution is 0.127. The topological polar surface area (TPSA) is 18.5 Å². The van der Waals surface area contributed by atoms with Gasteiger partial charge in [-0.1, -0.05) is 6.92 Å². The fourth-order valence-electron chi connectivity index (χ4n) is 4.32. The molecular weight excluding hydrogens is 246 g/mol. The Morgan fingerprint density at radius 3 is 2.25 bits per heavy atom. The molecule has 0 aromatic rings. The molecule has 0 spiro atoms. The van der Waals surface area contributed by atoms with Crippen molar-refractivity contribution < 1.29 is 0 Å². The summed E-state index contributed by atoms with van der Waals surface area (Å²) in [7, 11) is 0. The maximum Gasteiger partial charge on any atom is 0.0220 e. The van der Waals surface area contributed by atoms with Crippen molar-refractivity contribution in [2.45, 2.75) is 51.5 Å². The Hall–Kier alpha value is -0.120. The van der Waals surface area contributed by atoms with E-state index in [0.29, 0.717) is 0 Å². The summed E-state index contributed by atoms with van der Waals surface area (Å²) in [6, 6.07) is 0.749. The SMILES string of the molecule is CC1CCCNC1CN1CCC(CN2CCCC2)CC1. The second kappa shape index (κ2) is 7.24. The van der Waals surface area contributed by atoms with Gasteiger partial charge in [0.15, 0.2) is 0 Å². The standard InChI is InChI=1S/C17H33N3/c1-15-5-4-8-18-17(15)14-20-11-6-16(7-12-20)13-19-9-2-3-10-19/h15-18H,2-14H2,1H3. The van der Waals surface area contributed by atoms with Gasteiger partial charge in [0, 0.05) is 19.1 Å². The molecule has 3 aliphatic heterocycles. The lowest BCUT2D eigenvalue weighted by atomic mass is 9.91. The van der Waals surface area contributed by atoms with Gasteiger partial charge in [-0.05, 0) is 83.1 Å². The molecule has 3 heteroatoms. The van der Waals surface area contributed by atoms with Crippen molar-refractivity contribution in [3.63, 3.8) is 0 Å². The van der Waals surface area contributed by atoms with E-state index in [1.807, 2.05) is 0 Å². The molecule has 20 heavy (non-hydrogen) atoms. The Morgan fingerprint density at radius 1 is 0.850 bits per heavy atom. The van der Waals surface area contributed by atoms with Crippen LogP contribution in [0.3, 0.4) is 0 Å². The van der Waals surface area contributed by atoms with Crippen LogP contribution >= 0.6 is 0 Å². The van der Waals surface area contributed by atoms with Crippen LogP contribution < -0.4 is 5.32 Å². The summed E-state index contributed by atoms with van der Waals surface area (Å²) in [4.78, 5) is 5.42. The van der Waals surface area contributed by atoms with Gasteiger partial charge in [0.05, 0.1) is 0 Å². The number of likely N-dealkylation sites (tertiary alicyclic amines) is 2. The summed E-state index contributed by atoms with van der Waals surface area (Å²) in [5.74, 6) is 1.84.